The first-order valence-corrected chi connectivity index (χ1v) is 10.4. The molecule has 0 bridgehead atoms. The van der Waals surface area contributed by atoms with Gasteiger partial charge in [-0.1, -0.05) is 22.8 Å². The number of halogens is 1. The number of sulfonamides is 1. The summed E-state index contributed by atoms with van der Waals surface area (Å²) < 4.78 is 33.0. The molecule has 144 valence electrons. The van der Waals surface area contributed by atoms with Gasteiger partial charge < -0.3 is 4.52 Å². The van der Waals surface area contributed by atoms with Gasteiger partial charge in [-0.25, -0.2) is 18.4 Å². The maximum atomic E-state index is 12.8. The van der Waals surface area contributed by atoms with Crippen LogP contribution < -0.4 is 4.72 Å². The Morgan fingerprint density at radius 1 is 1.18 bits per heavy atom. The number of pyridine rings is 1. The SMILES string of the molecule is Cc1cnc2c(c1)CC(c1cc(NS(=O)(=O)c3c(C)noc3C)ccc1Cl)=N2. The van der Waals surface area contributed by atoms with Crippen molar-refractivity contribution in [1.82, 2.24) is 10.1 Å². The average Bonchev–Trinajstić information content (AvgIpc) is 3.19. The van der Waals surface area contributed by atoms with E-state index in [1.165, 1.54) is 0 Å². The van der Waals surface area contributed by atoms with Crippen LogP contribution in [0.1, 0.15) is 28.1 Å². The van der Waals surface area contributed by atoms with Crippen LogP contribution in [-0.2, 0) is 16.4 Å². The number of nitrogens with one attached hydrogen (secondary N) is 1. The number of nitrogens with zero attached hydrogens (tertiary/aromatic N) is 3. The van der Waals surface area contributed by atoms with E-state index in [0.717, 1.165) is 16.8 Å². The minimum atomic E-state index is -3.85. The van der Waals surface area contributed by atoms with Crippen LogP contribution in [0.2, 0.25) is 5.02 Å². The van der Waals surface area contributed by atoms with Gasteiger partial charge in [0.25, 0.3) is 10.0 Å². The number of hydrogen-bond acceptors (Lipinski definition) is 6. The smallest absolute Gasteiger partial charge is 0.267 e. The molecule has 0 radical (unpaired) electrons. The molecule has 28 heavy (non-hydrogen) atoms. The zero-order valence-corrected chi connectivity index (χ0v) is 17.0. The second-order valence-electron chi connectivity index (χ2n) is 6.68. The maximum Gasteiger partial charge on any atom is 0.267 e. The lowest BCUT2D eigenvalue weighted by Crippen LogP contribution is -2.15. The van der Waals surface area contributed by atoms with Gasteiger partial charge in [-0.15, -0.1) is 0 Å². The lowest BCUT2D eigenvalue weighted by atomic mass is 10.0. The van der Waals surface area contributed by atoms with Gasteiger partial charge in [0, 0.05) is 34.5 Å². The number of rotatable bonds is 4. The largest absolute Gasteiger partial charge is 0.360 e. The molecule has 3 aromatic rings. The fourth-order valence-corrected chi connectivity index (χ4v) is 4.84. The van der Waals surface area contributed by atoms with Crippen LogP contribution in [-0.4, -0.2) is 24.3 Å². The normalized spacial score (nSPS) is 13.4. The van der Waals surface area contributed by atoms with Crippen molar-refractivity contribution in [2.24, 2.45) is 4.99 Å². The Morgan fingerprint density at radius 2 is 1.96 bits per heavy atom. The third-order valence-corrected chi connectivity index (χ3v) is 6.40. The summed E-state index contributed by atoms with van der Waals surface area (Å²) in [5, 5.41) is 4.20. The van der Waals surface area contributed by atoms with Gasteiger partial charge in [-0.2, -0.15) is 0 Å². The number of fused-ring (bicyclic) bond motifs is 1. The molecule has 9 heteroatoms. The first-order valence-electron chi connectivity index (χ1n) is 8.53. The Kier molecular flexibility index (Phi) is 4.47. The lowest BCUT2D eigenvalue weighted by Gasteiger charge is -2.10. The van der Waals surface area contributed by atoms with Gasteiger partial charge in [0.2, 0.25) is 0 Å². The molecular weight excluding hydrogens is 400 g/mol. The summed E-state index contributed by atoms with van der Waals surface area (Å²) in [6, 6.07) is 6.96. The van der Waals surface area contributed by atoms with Crippen LogP contribution in [0.4, 0.5) is 11.5 Å². The molecule has 3 heterocycles. The number of hydrogen-bond donors (Lipinski definition) is 1. The number of aliphatic imine (C=N–C) groups is 1. The van der Waals surface area contributed by atoms with Crippen molar-refractivity contribution in [3.8, 4) is 0 Å². The minimum Gasteiger partial charge on any atom is -0.360 e. The Labute approximate surface area is 167 Å². The van der Waals surface area contributed by atoms with Crippen LogP contribution >= 0.6 is 11.6 Å². The highest BCUT2D eigenvalue weighted by molar-refractivity contribution is 7.92. The zero-order chi connectivity index (χ0) is 20.1. The van der Waals surface area contributed by atoms with Crippen molar-refractivity contribution in [1.29, 1.82) is 0 Å². The van der Waals surface area contributed by atoms with E-state index in [4.69, 9.17) is 16.1 Å². The third-order valence-electron chi connectivity index (χ3n) is 4.44. The van der Waals surface area contributed by atoms with E-state index in [2.05, 4.69) is 19.9 Å². The van der Waals surface area contributed by atoms with E-state index >= 15 is 0 Å². The molecule has 0 saturated carbocycles. The molecular formula is C19H17ClN4O3S. The van der Waals surface area contributed by atoms with Crippen LogP contribution in [0, 0.1) is 20.8 Å². The Morgan fingerprint density at radius 3 is 2.68 bits per heavy atom. The molecule has 0 aliphatic carbocycles. The molecule has 1 aliphatic heterocycles. The molecule has 0 saturated heterocycles. The van der Waals surface area contributed by atoms with E-state index in [-0.39, 0.29) is 10.7 Å². The van der Waals surface area contributed by atoms with E-state index in [9.17, 15) is 8.42 Å². The monoisotopic (exact) mass is 416 g/mol. The topological polar surface area (TPSA) is 97.5 Å². The predicted octanol–water partition coefficient (Wildman–Crippen LogP) is 4.13. The number of aromatic nitrogens is 2. The highest BCUT2D eigenvalue weighted by Crippen LogP contribution is 2.32. The summed E-state index contributed by atoms with van der Waals surface area (Å²) in [5.41, 5.74) is 4.17. The average molecular weight is 417 g/mol. The van der Waals surface area contributed by atoms with Gasteiger partial charge in [0.05, 0.1) is 5.71 Å². The number of benzene rings is 1. The van der Waals surface area contributed by atoms with E-state index < -0.39 is 10.0 Å². The Hall–Kier alpha value is -2.71. The highest BCUT2D eigenvalue weighted by atomic mass is 35.5. The van der Waals surface area contributed by atoms with Crippen molar-refractivity contribution < 1.29 is 12.9 Å². The second kappa shape index (κ2) is 6.72. The number of aryl methyl sites for hydroxylation is 3. The molecule has 1 aliphatic rings. The predicted molar refractivity (Wildman–Crippen MR) is 107 cm³/mol. The van der Waals surface area contributed by atoms with Crippen molar-refractivity contribution in [3.05, 3.63) is 63.6 Å². The van der Waals surface area contributed by atoms with Gasteiger partial charge in [-0.3, -0.25) is 4.72 Å². The van der Waals surface area contributed by atoms with Crippen LogP contribution in [0.15, 0.2) is 44.9 Å². The summed E-state index contributed by atoms with van der Waals surface area (Å²) in [5.74, 6) is 0.898. The summed E-state index contributed by atoms with van der Waals surface area (Å²) in [4.78, 5) is 8.93. The van der Waals surface area contributed by atoms with Crippen molar-refractivity contribution in [2.75, 3.05) is 4.72 Å². The lowest BCUT2D eigenvalue weighted by molar-refractivity contribution is 0.390. The fraction of sp³-hybridized carbons (Fsp3) is 0.211. The van der Waals surface area contributed by atoms with Crippen molar-refractivity contribution >= 4 is 38.8 Å². The van der Waals surface area contributed by atoms with Crippen molar-refractivity contribution in [3.63, 3.8) is 0 Å². The highest BCUT2D eigenvalue weighted by Gasteiger charge is 2.25. The molecule has 2 aromatic heterocycles. The molecule has 4 rings (SSSR count). The van der Waals surface area contributed by atoms with E-state index in [0.29, 0.717) is 34.2 Å². The van der Waals surface area contributed by atoms with Crippen LogP contribution in [0.25, 0.3) is 0 Å². The quantitative estimate of drug-likeness (QED) is 0.689. The Bertz CT molecular complexity index is 1210. The van der Waals surface area contributed by atoms with Crippen LogP contribution in [0.3, 0.4) is 0 Å². The van der Waals surface area contributed by atoms with Crippen molar-refractivity contribution in [2.45, 2.75) is 32.1 Å². The molecule has 1 aromatic carbocycles. The standard InChI is InChI=1S/C19H17ClN4O3S/c1-10-6-13-7-17(22-19(13)21-9-10)15-8-14(4-5-16(15)20)24-28(25,26)18-11(2)23-27-12(18)3/h4-6,8-9,24H,7H2,1-3H3. The summed E-state index contributed by atoms with van der Waals surface area (Å²) in [6.07, 6.45) is 2.35. The molecule has 0 spiro atoms. The molecule has 0 unspecified atom stereocenters. The maximum absolute atomic E-state index is 12.8. The van der Waals surface area contributed by atoms with Gasteiger partial charge in [0.15, 0.2) is 16.5 Å². The van der Waals surface area contributed by atoms with E-state index in [1.807, 2.05) is 13.0 Å². The molecule has 0 fully saturated rings. The van der Waals surface area contributed by atoms with Gasteiger partial charge in [0.1, 0.15) is 5.69 Å². The second-order valence-corrected chi connectivity index (χ2v) is 8.71. The Balaban J connectivity index is 1.68. The summed E-state index contributed by atoms with van der Waals surface area (Å²) in [6.45, 7) is 5.11. The molecule has 0 atom stereocenters. The third kappa shape index (κ3) is 3.29. The first-order chi connectivity index (χ1) is 13.2. The molecule has 7 nitrogen and oxygen atoms in total. The van der Waals surface area contributed by atoms with Gasteiger partial charge in [-0.05, 0) is 44.5 Å². The number of anilines is 1. The summed E-state index contributed by atoms with van der Waals surface area (Å²) >= 11 is 6.37. The molecule has 0 amide bonds. The fourth-order valence-electron chi connectivity index (χ4n) is 3.23. The van der Waals surface area contributed by atoms with Gasteiger partial charge >= 0.3 is 0 Å². The zero-order valence-electron chi connectivity index (χ0n) is 15.4. The molecule has 1 N–H and O–H groups in total. The minimum absolute atomic E-state index is 0.0364. The van der Waals surface area contributed by atoms with E-state index in [1.54, 1.807) is 38.2 Å². The van der Waals surface area contributed by atoms with Crippen LogP contribution in [0.5, 0.6) is 0 Å². The summed E-state index contributed by atoms with van der Waals surface area (Å²) in [7, 11) is -3.85. The first kappa shape index (κ1) is 18.6.